The number of rotatable bonds is 1. The lowest BCUT2D eigenvalue weighted by Gasteiger charge is -2.10. The van der Waals surface area contributed by atoms with Gasteiger partial charge in [0.1, 0.15) is 5.75 Å². The molecule has 1 rings (SSSR count). The molecule has 0 bridgehead atoms. The molecule has 0 heterocycles. The molecule has 0 saturated heterocycles. The number of hydrogen-bond donors (Lipinski definition) is 1. The summed E-state index contributed by atoms with van der Waals surface area (Å²) in [5.74, 6) is 0.313. The third-order valence-electron chi connectivity index (χ3n) is 1.67. The number of benzene rings is 1. The molecule has 0 spiro atoms. The smallest absolute Gasteiger partial charge is 0.115 e. The minimum Gasteiger partial charge on any atom is -0.508 e. The van der Waals surface area contributed by atoms with E-state index in [1.54, 1.807) is 12.1 Å². The van der Waals surface area contributed by atoms with Gasteiger partial charge in [-0.1, -0.05) is 45.1 Å². The van der Waals surface area contributed by atoms with Gasteiger partial charge in [-0.05, 0) is 23.1 Å². The summed E-state index contributed by atoms with van der Waals surface area (Å²) in [5, 5.41) is 9.06. The Kier molecular flexibility index (Phi) is 2.76. The topological polar surface area (TPSA) is 20.2 Å². The van der Waals surface area contributed by atoms with Gasteiger partial charge >= 0.3 is 0 Å². The van der Waals surface area contributed by atoms with Crippen LogP contribution >= 0.6 is 0 Å². The normalized spacial score (nSPS) is 12.2. The van der Waals surface area contributed by atoms with Crippen molar-refractivity contribution in [1.29, 1.82) is 0 Å². The van der Waals surface area contributed by atoms with Crippen LogP contribution in [0.5, 0.6) is 5.75 Å². The zero-order valence-corrected chi connectivity index (χ0v) is 8.41. The van der Waals surface area contributed by atoms with E-state index < -0.39 is 0 Å². The maximum Gasteiger partial charge on any atom is 0.115 e. The predicted molar refractivity (Wildman–Crippen MR) is 56.6 cm³/mol. The number of phenolic OH excluding ortho intramolecular Hbond substituents is 1. The molecule has 1 aromatic carbocycles. The third kappa shape index (κ3) is 3.79. The Hall–Kier alpha value is -1.24. The van der Waals surface area contributed by atoms with Gasteiger partial charge in [0.2, 0.25) is 0 Å². The van der Waals surface area contributed by atoms with Crippen LogP contribution in [0.2, 0.25) is 0 Å². The molecule has 0 radical (unpaired) electrons. The molecule has 0 amide bonds. The van der Waals surface area contributed by atoms with Crippen molar-refractivity contribution in [2.45, 2.75) is 20.8 Å². The van der Waals surface area contributed by atoms with Crippen molar-refractivity contribution in [2.75, 3.05) is 0 Å². The van der Waals surface area contributed by atoms with Crippen molar-refractivity contribution in [2.24, 2.45) is 5.41 Å². The molecule has 0 atom stereocenters. The summed E-state index contributed by atoms with van der Waals surface area (Å²) in [6.07, 6.45) is 4.22. The van der Waals surface area contributed by atoms with Crippen LogP contribution in [0.4, 0.5) is 0 Å². The van der Waals surface area contributed by atoms with Crippen molar-refractivity contribution in [3.05, 3.63) is 35.9 Å². The highest BCUT2D eigenvalue weighted by molar-refractivity contribution is 5.51. The summed E-state index contributed by atoms with van der Waals surface area (Å²) in [4.78, 5) is 0. The van der Waals surface area contributed by atoms with Gasteiger partial charge in [0.25, 0.3) is 0 Å². The fourth-order valence-corrected chi connectivity index (χ4v) is 0.932. The van der Waals surface area contributed by atoms with Crippen LogP contribution < -0.4 is 0 Å². The van der Waals surface area contributed by atoms with Gasteiger partial charge in [-0.3, -0.25) is 0 Å². The average Bonchev–Trinajstić information content (AvgIpc) is 2.02. The zero-order chi connectivity index (χ0) is 9.90. The van der Waals surface area contributed by atoms with Gasteiger partial charge in [0, 0.05) is 0 Å². The molecule has 0 aliphatic carbocycles. The number of phenols is 1. The summed E-state index contributed by atoms with van der Waals surface area (Å²) < 4.78 is 0. The van der Waals surface area contributed by atoms with Crippen LogP contribution in [0, 0.1) is 5.41 Å². The van der Waals surface area contributed by atoms with Gasteiger partial charge in [0.05, 0.1) is 0 Å². The van der Waals surface area contributed by atoms with Gasteiger partial charge in [-0.15, -0.1) is 0 Å². The van der Waals surface area contributed by atoms with Crippen LogP contribution in [0.1, 0.15) is 26.3 Å². The van der Waals surface area contributed by atoms with Crippen LogP contribution in [0.25, 0.3) is 6.08 Å². The van der Waals surface area contributed by atoms with Gasteiger partial charge in [-0.2, -0.15) is 0 Å². The molecule has 1 aromatic rings. The summed E-state index contributed by atoms with van der Waals surface area (Å²) in [7, 11) is 0. The van der Waals surface area contributed by atoms with Crippen LogP contribution in [-0.2, 0) is 0 Å². The van der Waals surface area contributed by atoms with Crippen LogP contribution in [0.15, 0.2) is 30.3 Å². The van der Waals surface area contributed by atoms with Crippen LogP contribution in [-0.4, -0.2) is 5.11 Å². The molecule has 0 aliphatic heterocycles. The second kappa shape index (κ2) is 3.65. The summed E-state index contributed by atoms with van der Waals surface area (Å²) in [5.41, 5.74) is 1.32. The van der Waals surface area contributed by atoms with Crippen molar-refractivity contribution in [3.63, 3.8) is 0 Å². The number of aromatic hydroxyl groups is 1. The lowest BCUT2D eigenvalue weighted by Crippen LogP contribution is -1.97. The number of allylic oxidation sites excluding steroid dienone is 1. The molecule has 0 unspecified atom stereocenters. The van der Waals surface area contributed by atoms with Crippen molar-refractivity contribution < 1.29 is 5.11 Å². The highest BCUT2D eigenvalue weighted by Crippen LogP contribution is 2.18. The van der Waals surface area contributed by atoms with E-state index in [9.17, 15) is 0 Å². The maximum absolute atomic E-state index is 9.06. The van der Waals surface area contributed by atoms with E-state index in [0.717, 1.165) is 5.56 Å². The first-order valence-electron chi connectivity index (χ1n) is 4.46. The van der Waals surface area contributed by atoms with Gasteiger partial charge in [0.15, 0.2) is 0 Å². The van der Waals surface area contributed by atoms with Crippen molar-refractivity contribution in [3.8, 4) is 5.75 Å². The molecule has 0 saturated carbocycles. The largest absolute Gasteiger partial charge is 0.508 e. The minimum atomic E-state index is 0.206. The fourth-order valence-electron chi connectivity index (χ4n) is 0.932. The molecular formula is C12H16O. The van der Waals surface area contributed by atoms with Crippen molar-refractivity contribution in [1.82, 2.24) is 0 Å². The predicted octanol–water partition coefficient (Wildman–Crippen LogP) is 3.45. The van der Waals surface area contributed by atoms with Crippen LogP contribution in [0.3, 0.4) is 0 Å². The second-order valence-corrected chi connectivity index (χ2v) is 4.29. The monoisotopic (exact) mass is 176 g/mol. The first kappa shape index (κ1) is 9.85. The van der Waals surface area contributed by atoms with E-state index in [-0.39, 0.29) is 5.41 Å². The van der Waals surface area contributed by atoms with Crippen molar-refractivity contribution >= 4 is 6.08 Å². The van der Waals surface area contributed by atoms with Gasteiger partial charge < -0.3 is 5.11 Å². The third-order valence-corrected chi connectivity index (χ3v) is 1.67. The summed E-state index contributed by atoms with van der Waals surface area (Å²) in [6, 6.07) is 7.19. The van der Waals surface area contributed by atoms with Gasteiger partial charge in [-0.25, -0.2) is 0 Å². The fraction of sp³-hybridized carbons (Fsp3) is 0.333. The van der Waals surface area contributed by atoms with E-state index in [1.165, 1.54) is 0 Å². The second-order valence-electron chi connectivity index (χ2n) is 4.29. The lowest BCUT2D eigenvalue weighted by molar-refractivity contribution is 0.475. The first-order chi connectivity index (χ1) is 5.97. The summed E-state index contributed by atoms with van der Waals surface area (Å²) >= 11 is 0. The molecule has 1 N–H and O–H groups in total. The van der Waals surface area contributed by atoms with E-state index >= 15 is 0 Å². The highest BCUT2D eigenvalue weighted by Gasteiger charge is 2.02. The molecule has 0 fully saturated rings. The Morgan fingerprint density at radius 3 is 2.08 bits per heavy atom. The Morgan fingerprint density at radius 1 is 1.08 bits per heavy atom. The van der Waals surface area contributed by atoms with E-state index in [2.05, 4.69) is 32.9 Å². The zero-order valence-electron chi connectivity index (χ0n) is 8.41. The number of hydrogen-bond acceptors (Lipinski definition) is 1. The Morgan fingerprint density at radius 2 is 1.62 bits per heavy atom. The molecule has 1 heteroatoms. The SMILES string of the molecule is CC(C)(C)C=Cc1ccc(O)cc1. The van der Waals surface area contributed by atoms with E-state index in [0.29, 0.717) is 5.75 Å². The molecular weight excluding hydrogens is 160 g/mol. The quantitative estimate of drug-likeness (QED) is 0.694. The average molecular weight is 176 g/mol. The van der Waals surface area contributed by atoms with E-state index in [4.69, 9.17) is 5.11 Å². The summed E-state index contributed by atoms with van der Waals surface area (Å²) in [6.45, 7) is 6.47. The Bertz CT molecular complexity index is 288. The molecule has 1 nitrogen and oxygen atoms in total. The Balaban J connectivity index is 2.75. The standard InChI is InChI=1S/C12H16O/c1-12(2,3)9-8-10-4-6-11(13)7-5-10/h4-9,13H,1-3H3. The molecule has 13 heavy (non-hydrogen) atoms. The molecule has 0 aliphatic rings. The molecule has 0 aromatic heterocycles. The Labute approximate surface area is 79.7 Å². The first-order valence-corrected chi connectivity index (χ1v) is 4.46. The lowest BCUT2D eigenvalue weighted by atomic mass is 9.95. The minimum absolute atomic E-state index is 0.206. The van der Waals surface area contributed by atoms with E-state index in [1.807, 2.05) is 12.1 Å². The molecule has 70 valence electrons. The maximum atomic E-state index is 9.06. The highest BCUT2D eigenvalue weighted by atomic mass is 16.3.